The van der Waals surface area contributed by atoms with Gasteiger partial charge < -0.3 is 9.64 Å². The molecule has 1 N–H and O–H groups in total. The number of hydrogen-bond donors (Lipinski definition) is 1. The normalized spacial score (nSPS) is 32.3. The Kier molecular flexibility index (Phi) is 5.44. The monoisotopic (exact) mass is 282 g/mol. The van der Waals surface area contributed by atoms with Crippen LogP contribution >= 0.6 is 0 Å². The topological polar surface area (TPSA) is 41.6 Å². The van der Waals surface area contributed by atoms with Crippen molar-refractivity contribution in [3.05, 3.63) is 0 Å². The SMILES string of the molecule is COC(=O)C1(NC(C)C)CCCC(N2CCCCC2)C1. The molecule has 20 heavy (non-hydrogen) atoms. The molecular formula is C16H30N2O2. The van der Waals surface area contributed by atoms with Crippen LogP contribution in [0.1, 0.15) is 58.8 Å². The number of methoxy groups -OCH3 is 1. The Morgan fingerprint density at radius 3 is 2.55 bits per heavy atom. The van der Waals surface area contributed by atoms with Crippen molar-refractivity contribution < 1.29 is 9.53 Å². The van der Waals surface area contributed by atoms with Crippen molar-refractivity contribution in [2.45, 2.75) is 76.4 Å². The molecule has 1 saturated carbocycles. The van der Waals surface area contributed by atoms with Crippen LogP contribution in [0.15, 0.2) is 0 Å². The second-order valence-corrected chi connectivity index (χ2v) is 6.72. The zero-order chi connectivity index (χ0) is 14.6. The average Bonchev–Trinajstić information content (AvgIpc) is 2.47. The first-order chi connectivity index (χ1) is 9.57. The maximum Gasteiger partial charge on any atom is 0.326 e. The molecule has 0 radical (unpaired) electrons. The summed E-state index contributed by atoms with van der Waals surface area (Å²) >= 11 is 0. The van der Waals surface area contributed by atoms with Gasteiger partial charge in [0.2, 0.25) is 0 Å². The summed E-state index contributed by atoms with van der Waals surface area (Å²) < 4.78 is 5.11. The summed E-state index contributed by atoms with van der Waals surface area (Å²) in [5, 5.41) is 3.51. The molecule has 4 heteroatoms. The quantitative estimate of drug-likeness (QED) is 0.804. The molecule has 116 valence electrons. The summed E-state index contributed by atoms with van der Waals surface area (Å²) in [6.07, 6.45) is 8.10. The average molecular weight is 282 g/mol. The highest BCUT2D eigenvalue weighted by atomic mass is 16.5. The summed E-state index contributed by atoms with van der Waals surface area (Å²) in [4.78, 5) is 14.9. The Bertz CT molecular complexity index is 326. The van der Waals surface area contributed by atoms with Crippen molar-refractivity contribution in [1.82, 2.24) is 10.2 Å². The van der Waals surface area contributed by atoms with Gasteiger partial charge in [0.25, 0.3) is 0 Å². The Hall–Kier alpha value is -0.610. The molecule has 1 aliphatic heterocycles. The molecular weight excluding hydrogens is 252 g/mol. The summed E-state index contributed by atoms with van der Waals surface area (Å²) in [6, 6.07) is 0.837. The number of rotatable bonds is 4. The van der Waals surface area contributed by atoms with E-state index < -0.39 is 5.54 Å². The van der Waals surface area contributed by atoms with E-state index in [0.29, 0.717) is 12.1 Å². The highest BCUT2D eigenvalue weighted by molar-refractivity contribution is 5.81. The summed E-state index contributed by atoms with van der Waals surface area (Å²) in [7, 11) is 1.51. The lowest BCUT2D eigenvalue weighted by molar-refractivity contribution is -0.151. The zero-order valence-electron chi connectivity index (χ0n) is 13.3. The van der Waals surface area contributed by atoms with Gasteiger partial charge in [0.05, 0.1) is 7.11 Å². The first kappa shape index (κ1) is 15.8. The van der Waals surface area contributed by atoms with Crippen LogP contribution in [0.2, 0.25) is 0 Å². The van der Waals surface area contributed by atoms with Crippen LogP contribution in [0.5, 0.6) is 0 Å². The Morgan fingerprint density at radius 1 is 1.25 bits per heavy atom. The van der Waals surface area contributed by atoms with E-state index >= 15 is 0 Å². The largest absolute Gasteiger partial charge is 0.468 e. The van der Waals surface area contributed by atoms with E-state index in [4.69, 9.17) is 4.74 Å². The fourth-order valence-electron chi connectivity index (χ4n) is 3.96. The lowest BCUT2D eigenvalue weighted by Gasteiger charge is -2.45. The predicted molar refractivity (Wildman–Crippen MR) is 80.7 cm³/mol. The fraction of sp³-hybridized carbons (Fsp3) is 0.938. The number of nitrogens with one attached hydrogen (secondary N) is 1. The van der Waals surface area contributed by atoms with E-state index in [0.717, 1.165) is 19.3 Å². The fourth-order valence-corrected chi connectivity index (χ4v) is 3.96. The van der Waals surface area contributed by atoms with E-state index in [1.54, 1.807) is 0 Å². The van der Waals surface area contributed by atoms with Gasteiger partial charge in [-0.15, -0.1) is 0 Å². The second-order valence-electron chi connectivity index (χ2n) is 6.72. The minimum Gasteiger partial charge on any atom is -0.468 e. The van der Waals surface area contributed by atoms with Crippen LogP contribution in [0.3, 0.4) is 0 Å². The summed E-state index contributed by atoms with van der Waals surface area (Å²) in [6.45, 7) is 6.61. The molecule has 2 unspecified atom stereocenters. The van der Waals surface area contributed by atoms with Crippen molar-refractivity contribution >= 4 is 5.97 Å². The Balaban J connectivity index is 2.09. The number of likely N-dealkylation sites (tertiary alicyclic amines) is 1. The van der Waals surface area contributed by atoms with Gasteiger partial charge in [0, 0.05) is 12.1 Å². The Morgan fingerprint density at radius 2 is 1.95 bits per heavy atom. The number of esters is 1. The van der Waals surface area contributed by atoms with Gasteiger partial charge in [-0.2, -0.15) is 0 Å². The predicted octanol–water partition coefficient (Wildman–Crippen LogP) is 2.32. The highest BCUT2D eigenvalue weighted by Crippen LogP contribution is 2.34. The van der Waals surface area contributed by atoms with Crippen molar-refractivity contribution in [3.8, 4) is 0 Å². The molecule has 1 saturated heterocycles. The van der Waals surface area contributed by atoms with Crippen LogP contribution in [-0.4, -0.2) is 48.7 Å². The third-order valence-electron chi connectivity index (χ3n) is 4.77. The molecule has 0 aromatic carbocycles. The van der Waals surface area contributed by atoms with Crippen LogP contribution in [0, 0.1) is 0 Å². The molecule has 2 atom stereocenters. The molecule has 1 aliphatic carbocycles. The number of carbonyl (C=O) groups is 1. The van der Waals surface area contributed by atoms with Gasteiger partial charge in [0.1, 0.15) is 5.54 Å². The van der Waals surface area contributed by atoms with Crippen molar-refractivity contribution in [3.63, 3.8) is 0 Å². The second kappa shape index (κ2) is 6.90. The van der Waals surface area contributed by atoms with E-state index in [1.807, 2.05) is 0 Å². The molecule has 2 rings (SSSR count). The first-order valence-electron chi connectivity index (χ1n) is 8.17. The van der Waals surface area contributed by atoms with Gasteiger partial charge >= 0.3 is 5.97 Å². The summed E-state index contributed by atoms with van der Waals surface area (Å²) in [5.74, 6) is -0.0760. The number of hydrogen-bond acceptors (Lipinski definition) is 4. The van der Waals surface area contributed by atoms with Gasteiger partial charge in [-0.1, -0.05) is 6.42 Å². The maximum absolute atomic E-state index is 12.3. The van der Waals surface area contributed by atoms with Crippen LogP contribution in [-0.2, 0) is 9.53 Å². The van der Waals surface area contributed by atoms with Crippen LogP contribution in [0.25, 0.3) is 0 Å². The van der Waals surface area contributed by atoms with Gasteiger partial charge in [-0.3, -0.25) is 10.1 Å². The van der Waals surface area contributed by atoms with Crippen molar-refractivity contribution in [2.24, 2.45) is 0 Å². The maximum atomic E-state index is 12.3. The molecule has 2 aliphatic rings. The summed E-state index contributed by atoms with van der Waals surface area (Å²) in [5.41, 5.74) is -0.469. The number of piperidine rings is 1. The standard InChI is InChI=1S/C16H30N2O2/c1-13(2)17-16(15(19)20-3)9-7-8-14(12-16)18-10-5-4-6-11-18/h13-14,17H,4-12H2,1-3H3. The van der Waals surface area contributed by atoms with Gasteiger partial charge in [0.15, 0.2) is 0 Å². The Labute approximate surface area is 123 Å². The smallest absolute Gasteiger partial charge is 0.326 e. The zero-order valence-corrected chi connectivity index (χ0v) is 13.3. The highest BCUT2D eigenvalue weighted by Gasteiger charge is 2.45. The van der Waals surface area contributed by atoms with E-state index in [9.17, 15) is 4.79 Å². The molecule has 0 bridgehead atoms. The third kappa shape index (κ3) is 3.53. The molecule has 0 aromatic rings. The molecule has 1 heterocycles. The first-order valence-corrected chi connectivity index (χ1v) is 8.17. The minimum atomic E-state index is -0.469. The molecule has 2 fully saturated rings. The lowest BCUT2D eigenvalue weighted by atomic mass is 9.77. The minimum absolute atomic E-state index is 0.0760. The molecule has 4 nitrogen and oxygen atoms in total. The van der Waals surface area contributed by atoms with Crippen molar-refractivity contribution in [1.29, 1.82) is 0 Å². The number of ether oxygens (including phenoxy) is 1. The molecule has 0 spiro atoms. The molecule has 0 amide bonds. The van der Waals surface area contributed by atoms with Crippen LogP contribution in [0.4, 0.5) is 0 Å². The lowest BCUT2D eigenvalue weighted by Crippen LogP contribution is -2.60. The number of carbonyl (C=O) groups excluding carboxylic acids is 1. The van der Waals surface area contributed by atoms with Gasteiger partial charge in [-0.05, 0) is 65.5 Å². The van der Waals surface area contributed by atoms with E-state index in [-0.39, 0.29) is 5.97 Å². The third-order valence-corrected chi connectivity index (χ3v) is 4.77. The van der Waals surface area contributed by atoms with Crippen molar-refractivity contribution in [2.75, 3.05) is 20.2 Å². The van der Waals surface area contributed by atoms with Gasteiger partial charge in [-0.25, -0.2) is 0 Å². The number of nitrogens with zero attached hydrogens (tertiary/aromatic N) is 1. The van der Waals surface area contributed by atoms with E-state index in [2.05, 4.69) is 24.1 Å². The van der Waals surface area contributed by atoms with E-state index in [1.165, 1.54) is 45.9 Å². The van der Waals surface area contributed by atoms with Crippen LogP contribution < -0.4 is 5.32 Å². The molecule has 0 aromatic heterocycles.